The summed E-state index contributed by atoms with van der Waals surface area (Å²) in [6.45, 7) is 2.07. The summed E-state index contributed by atoms with van der Waals surface area (Å²) in [5.41, 5.74) is 5.95. The van der Waals surface area contributed by atoms with E-state index < -0.39 is 0 Å². The maximum atomic E-state index is 4.70. The van der Waals surface area contributed by atoms with Crippen molar-refractivity contribution in [2.24, 2.45) is 0 Å². The second kappa shape index (κ2) is 4.13. The molecular formula is C16H12N4. The lowest BCUT2D eigenvalue weighted by Crippen LogP contribution is -1.89. The molecule has 4 nitrogen and oxygen atoms in total. The number of nitrogens with zero attached hydrogens (tertiary/aromatic N) is 3. The average Bonchev–Trinajstić information content (AvgIpc) is 2.92. The van der Waals surface area contributed by atoms with E-state index in [-0.39, 0.29) is 0 Å². The standard InChI is InChI=1S/C16H12N4/c1-10-2-4-11(5-3-10)16-9-17-14-7-13-12(8-18-20-13)6-15(14)19-16/h2-9H,1H3,(H,18,20). The lowest BCUT2D eigenvalue weighted by Gasteiger charge is -2.03. The van der Waals surface area contributed by atoms with Gasteiger partial charge in [0.05, 0.1) is 34.6 Å². The van der Waals surface area contributed by atoms with Crippen molar-refractivity contribution in [3.8, 4) is 11.3 Å². The Morgan fingerprint density at radius 3 is 2.65 bits per heavy atom. The van der Waals surface area contributed by atoms with Crippen molar-refractivity contribution in [1.29, 1.82) is 0 Å². The van der Waals surface area contributed by atoms with Crippen LogP contribution in [0.25, 0.3) is 33.2 Å². The molecule has 0 aliphatic heterocycles. The van der Waals surface area contributed by atoms with E-state index in [9.17, 15) is 0 Å². The molecule has 1 N–H and O–H groups in total. The maximum Gasteiger partial charge on any atom is 0.0909 e. The zero-order chi connectivity index (χ0) is 13.5. The number of aromatic amines is 1. The van der Waals surface area contributed by atoms with Crippen LogP contribution in [0.15, 0.2) is 48.8 Å². The third-order valence-corrected chi connectivity index (χ3v) is 3.45. The number of benzene rings is 2. The summed E-state index contributed by atoms with van der Waals surface area (Å²) in [6, 6.07) is 12.3. The van der Waals surface area contributed by atoms with Gasteiger partial charge in [-0.3, -0.25) is 10.1 Å². The fourth-order valence-electron chi connectivity index (χ4n) is 2.31. The fourth-order valence-corrected chi connectivity index (χ4v) is 2.31. The quantitative estimate of drug-likeness (QED) is 0.570. The van der Waals surface area contributed by atoms with Crippen LogP contribution in [0.2, 0.25) is 0 Å². The zero-order valence-electron chi connectivity index (χ0n) is 11.0. The maximum absolute atomic E-state index is 4.70. The molecule has 96 valence electrons. The van der Waals surface area contributed by atoms with Gasteiger partial charge in [-0.1, -0.05) is 29.8 Å². The largest absolute Gasteiger partial charge is 0.278 e. The number of hydrogen-bond donors (Lipinski definition) is 1. The van der Waals surface area contributed by atoms with Crippen molar-refractivity contribution >= 4 is 21.9 Å². The number of aromatic nitrogens is 4. The van der Waals surface area contributed by atoms with Crippen molar-refractivity contribution in [3.05, 3.63) is 54.4 Å². The number of aryl methyl sites for hydroxylation is 1. The zero-order valence-corrected chi connectivity index (χ0v) is 11.0. The highest BCUT2D eigenvalue weighted by molar-refractivity contribution is 5.92. The Kier molecular flexibility index (Phi) is 2.29. The Morgan fingerprint density at radius 1 is 0.950 bits per heavy atom. The van der Waals surface area contributed by atoms with Gasteiger partial charge in [-0.2, -0.15) is 5.10 Å². The molecule has 0 saturated carbocycles. The summed E-state index contributed by atoms with van der Waals surface area (Å²) in [6.07, 6.45) is 3.62. The summed E-state index contributed by atoms with van der Waals surface area (Å²) in [7, 11) is 0. The van der Waals surface area contributed by atoms with E-state index >= 15 is 0 Å². The second-order valence-electron chi connectivity index (χ2n) is 4.92. The van der Waals surface area contributed by atoms with Crippen molar-refractivity contribution < 1.29 is 0 Å². The van der Waals surface area contributed by atoms with Gasteiger partial charge < -0.3 is 0 Å². The highest BCUT2D eigenvalue weighted by Crippen LogP contribution is 2.22. The topological polar surface area (TPSA) is 54.5 Å². The first-order valence-corrected chi connectivity index (χ1v) is 6.46. The van der Waals surface area contributed by atoms with Gasteiger partial charge in [0, 0.05) is 10.9 Å². The molecule has 0 spiro atoms. The molecule has 0 aliphatic rings. The summed E-state index contributed by atoms with van der Waals surface area (Å²) < 4.78 is 0. The minimum atomic E-state index is 0.873. The van der Waals surface area contributed by atoms with E-state index in [1.54, 1.807) is 6.20 Å². The van der Waals surface area contributed by atoms with E-state index in [1.807, 2.05) is 18.3 Å². The van der Waals surface area contributed by atoms with Crippen LogP contribution in [0.3, 0.4) is 0 Å². The Balaban J connectivity index is 1.92. The van der Waals surface area contributed by atoms with Crippen molar-refractivity contribution in [1.82, 2.24) is 20.2 Å². The molecule has 4 aromatic rings. The molecule has 4 heteroatoms. The van der Waals surface area contributed by atoms with Crippen LogP contribution in [0.5, 0.6) is 0 Å². The SMILES string of the molecule is Cc1ccc(-c2cnc3cc4[nH]ncc4cc3n2)cc1. The highest BCUT2D eigenvalue weighted by atomic mass is 15.1. The van der Waals surface area contributed by atoms with Gasteiger partial charge in [0.1, 0.15) is 0 Å². The van der Waals surface area contributed by atoms with Crippen LogP contribution in [0.1, 0.15) is 5.56 Å². The molecule has 2 aromatic carbocycles. The van der Waals surface area contributed by atoms with E-state index in [0.717, 1.165) is 33.2 Å². The number of hydrogen-bond acceptors (Lipinski definition) is 3. The molecule has 2 aromatic heterocycles. The normalized spacial score (nSPS) is 11.2. The Labute approximate surface area is 115 Å². The molecule has 0 atom stereocenters. The third-order valence-electron chi connectivity index (χ3n) is 3.45. The number of fused-ring (bicyclic) bond motifs is 2. The average molecular weight is 260 g/mol. The monoisotopic (exact) mass is 260 g/mol. The van der Waals surface area contributed by atoms with Gasteiger partial charge in [0.2, 0.25) is 0 Å². The third kappa shape index (κ3) is 1.73. The Hall–Kier alpha value is -2.75. The molecule has 0 saturated heterocycles. The van der Waals surface area contributed by atoms with E-state index in [2.05, 4.69) is 46.4 Å². The molecular weight excluding hydrogens is 248 g/mol. The minimum Gasteiger partial charge on any atom is -0.278 e. The molecule has 0 bridgehead atoms. The second-order valence-corrected chi connectivity index (χ2v) is 4.92. The molecule has 0 amide bonds. The molecule has 20 heavy (non-hydrogen) atoms. The number of nitrogens with one attached hydrogen (secondary N) is 1. The van der Waals surface area contributed by atoms with Gasteiger partial charge in [-0.05, 0) is 19.1 Å². The van der Waals surface area contributed by atoms with Crippen molar-refractivity contribution in [2.45, 2.75) is 6.92 Å². The molecule has 0 radical (unpaired) electrons. The van der Waals surface area contributed by atoms with Gasteiger partial charge >= 0.3 is 0 Å². The Morgan fingerprint density at radius 2 is 1.80 bits per heavy atom. The summed E-state index contributed by atoms with van der Waals surface area (Å²) in [5, 5.41) is 8.03. The lowest BCUT2D eigenvalue weighted by molar-refractivity contribution is 1.12. The van der Waals surface area contributed by atoms with Crippen molar-refractivity contribution in [3.63, 3.8) is 0 Å². The minimum absolute atomic E-state index is 0.873. The predicted octanol–water partition coefficient (Wildman–Crippen LogP) is 3.48. The first-order chi connectivity index (χ1) is 9.79. The van der Waals surface area contributed by atoms with Gasteiger partial charge in [-0.25, -0.2) is 4.98 Å². The van der Waals surface area contributed by atoms with Gasteiger partial charge in [0.25, 0.3) is 0 Å². The summed E-state index contributed by atoms with van der Waals surface area (Å²) in [5.74, 6) is 0. The molecule has 4 rings (SSSR count). The Bertz CT molecular complexity index is 907. The van der Waals surface area contributed by atoms with Crippen LogP contribution in [0, 0.1) is 6.92 Å². The molecule has 0 fully saturated rings. The summed E-state index contributed by atoms with van der Waals surface area (Å²) >= 11 is 0. The summed E-state index contributed by atoms with van der Waals surface area (Å²) in [4.78, 5) is 9.20. The molecule has 0 aliphatic carbocycles. The number of H-pyrrole nitrogens is 1. The van der Waals surface area contributed by atoms with Gasteiger partial charge in [-0.15, -0.1) is 0 Å². The highest BCUT2D eigenvalue weighted by Gasteiger charge is 2.05. The number of rotatable bonds is 1. The molecule has 0 unspecified atom stereocenters. The van der Waals surface area contributed by atoms with Gasteiger partial charge in [0.15, 0.2) is 0 Å². The predicted molar refractivity (Wildman–Crippen MR) is 79.4 cm³/mol. The molecule has 2 heterocycles. The van der Waals surface area contributed by atoms with Crippen LogP contribution in [-0.2, 0) is 0 Å². The smallest absolute Gasteiger partial charge is 0.0909 e. The van der Waals surface area contributed by atoms with Crippen LogP contribution < -0.4 is 0 Å². The lowest BCUT2D eigenvalue weighted by atomic mass is 10.1. The van der Waals surface area contributed by atoms with Crippen LogP contribution in [-0.4, -0.2) is 20.2 Å². The van der Waals surface area contributed by atoms with Crippen LogP contribution >= 0.6 is 0 Å². The first kappa shape index (κ1) is 11.1. The fraction of sp³-hybridized carbons (Fsp3) is 0.0625. The van der Waals surface area contributed by atoms with Crippen molar-refractivity contribution in [2.75, 3.05) is 0 Å². The van der Waals surface area contributed by atoms with E-state index in [0.29, 0.717) is 0 Å². The van der Waals surface area contributed by atoms with E-state index in [1.165, 1.54) is 5.56 Å². The van der Waals surface area contributed by atoms with Crippen LogP contribution in [0.4, 0.5) is 0 Å². The van der Waals surface area contributed by atoms with E-state index in [4.69, 9.17) is 4.98 Å². The first-order valence-electron chi connectivity index (χ1n) is 6.46.